The average Bonchev–Trinajstić information content (AvgIpc) is 2.46. The van der Waals surface area contributed by atoms with Crippen molar-refractivity contribution in [3.05, 3.63) is 34.2 Å². The number of unbranched alkanes of at least 4 members (excludes halogenated alkanes) is 5. The fraction of sp³-hybridized carbons (Fsp3) is 0.529. The molecule has 1 aromatic carbocycles. The van der Waals surface area contributed by atoms with E-state index in [9.17, 15) is 4.79 Å². The number of benzene rings is 1. The van der Waals surface area contributed by atoms with Crippen LogP contribution in [0.25, 0.3) is 10.9 Å². The molecule has 0 spiro atoms. The normalized spacial score (nSPS) is 11.1. The highest BCUT2D eigenvalue weighted by Crippen LogP contribution is 2.19. The first kappa shape index (κ1) is 16.1. The molecule has 1 aromatic heterocycles. The summed E-state index contributed by atoms with van der Waals surface area (Å²) >= 11 is 1.54. The zero-order valence-corrected chi connectivity index (χ0v) is 13.7. The van der Waals surface area contributed by atoms with E-state index in [1.807, 2.05) is 19.1 Å². The number of hydrogen-bond donors (Lipinski definition) is 0. The maximum Gasteiger partial charge on any atom is 0.347 e. The third-order valence-corrected chi connectivity index (χ3v) is 4.40. The molecule has 0 aliphatic rings. The van der Waals surface area contributed by atoms with E-state index >= 15 is 0 Å². The van der Waals surface area contributed by atoms with Gasteiger partial charge in [-0.05, 0) is 31.0 Å². The second-order valence-corrected chi connectivity index (χ2v) is 6.45. The number of hydrogen-bond acceptors (Lipinski definition) is 4. The van der Waals surface area contributed by atoms with Crippen molar-refractivity contribution < 1.29 is 4.42 Å². The molecule has 0 saturated carbocycles. The summed E-state index contributed by atoms with van der Waals surface area (Å²) in [7, 11) is 0. The number of fused-ring (bicyclic) bond motifs is 1. The molecule has 1 heterocycles. The molecule has 0 radical (unpaired) electrons. The first-order chi connectivity index (χ1) is 10.2. The Morgan fingerprint density at radius 1 is 1.14 bits per heavy atom. The Morgan fingerprint density at radius 3 is 2.71 bits per heavy atom. The van der Waals surface area contributed by atoms with Crippen LogP contribution in [0.2, 0.25) is 0 Å². The van der Waals surface area contributed by atoms with Gasteiger partial charge in [0.1, 0.15) is 0 Å². The number of aromatic nitrogens is 1. The molecule has 2 rings (SSSR count). The first-order valence-corrected chi connectivity index (χ1v) is 8.73. The molecule has 0 N–H and O–H groups in total. The van der Waals surface area contributed by atoms with Crippen molar-refractivity contribution in [2.24, 2.45) is 0 Å². The molecule has 114 valence electrons. The van der Waals surface area contributed by atoms with Crippen LogP contribution in [0.1, 0.15) is 51.0 Å². The van der Waals surface area contributed by atoms with Crippen LogP contribution in [0.3, 0.4) is 0 Å². The fourth-order valence-electron chi connectivity index (χ4n) is 2.27. The highest BCUT2D eigenvalue weighted by atomic mass is 32.2. The molecule has 0 aliphatic carbocycles. The number of thioether (sulfide) groups is 1. The van der Waals surface area contributed by atoms with E-state index in [2.05, 4.69) is 11.9 Å². The summed E-state index contributed by atoms with van der Waals surface area (Å²) in [5.74, 6) is 0.958. The lowest BCUT2D eigenvalue weighted by Crippen LogP contribution is -2.02. The Kier molecular flexibility index (Phi) is 6.30. The van der Waals surface area contributed by atoms with E-state index in [0.717, 1.165) is 23.3 Å². The second-order valence-electron chi connectivity index (χ2n) is 5.40. The van der Waals surface area contributed by atoms with E-state index in [1.165, 1.54) is 32.1 Å². The van der Waals surface area contributed by atoms with Crippen molar-refractivity contribution in [2.75, 3.05) is 5.75 Å². The third kappa shape index (κ3) is 4.88. The van der Waals surface area contributed by atoms with Gasteiger partial charge in [0.15, 0.2) is 0 Å². The second kappa shape index (κ2) is 8.23. The standard InChI is InChI=1S/C17H23NO2S/c1-3-4-5-6-7-8-11-21-17-18-15-12-13(2)9-10-14(15)16(19)20-17/h9-10,12H,3-8,11H2,1-2H3. The molecule has 0 fully saturated rings. The molecule has 3 nitrogen and oxygen atoms in total. The zero-order chi connectivity index (χ0) is 15.1. The van der Waals surface area contributed by atoms with Crippen molar-refractivity contribution in [3.8, 4) is 0 Å². The predicted octanol–water partition coefficient (Wildman–Crippen LogP) is 4.95. The Labute approximate surface area is 130 Å². The Balaban J connectivity index is 1.89. The smallest absolute Gasteiger partial charge is 0.347 e. The molecule has 0 bridgehead atoms. The average molecular weight is 305 g/mol. The van der Waals surface area contributed by atoms with Crippen molar-refractivity contribution >= 4 is 22.7 Å². The molecule has 0 saturated heterocycles. The first-order valence-electron chi connectivity index (χ1n) is 7.75. The molecule has 2 aromatic rings. The van der Waals surface area contributed by atoms with Gasteiger partial charge < -0.3 is 4.42 Å². The highest BCUT2D eigenvalue weighted by molar-refractivity contribution is 7.99. The molecule has 4 heteroatoms. The van der Waals surface area contributed by atoms with Gasteiger partial charge in [-0.2, -0.15) is 0 Å². The van der Waals surface area contributed by atoms with Crippen LogP contribution in [-0.4, -0.2) is 10.7 Å². The Bertz CT molecular complexity index is 636. The van der Waals surface area contributed by atoms with Gasteiger partial charge in [0.05, 0.1) is 10.9 Å². The van der Waals surface area contributed by atoms with Gasteiger partial charge >= 0.3 is 5.63 Å². The van der Waals surface area contributed by atoms with Crippen LogP contribution in [0.5, 0.6) is 0 Å². The van der Waals surface area contributed by atoms with E-state index in [0.29, 0.717) is 10.6 Å². The van der Waals surface area contributed by atoms with Crippen LogP contribution in [0.4, 0.5) is 0 Å². The van der Waals surface area contributed by atoms with Gasteiger partial charge in [-0.25, -0.2) is 9.78 Å². The fourth-order valence-corrected chi connectivity index (χ4v) is 3.09. The van der Waals surface area contributed by atoms with E-state index in [1.54, 1.807) is 17.8 Å². The lowest BCUT2D eigenvalue weighted by atomic mass is 10.1. The summed E-state index contributed by atoms with van der Waals surface area (Å²) in [5, 5.41) is 1.05. The highest BCUT2D eigenvalue weighted by Gasteiger charge is 2.06. The van der Waals surface area contributed by atoms with Crippen molar-refractivity contribution in [2.45, 2.75) is 57.6 Å². The van der Waals surface area contributed by atoms with E-state index in [-0.39, 0.29) is 5.63 Å². The summed E-state index contributed by atoms with van der Waals surface area (Å²) in [4.78, 5) is 16.3. The molecule has 21 heavy (non-hydrogen) atoms. The van der Waals surface area contributed by atoms with E-state index in [4.69, 9.17) is 4.42 Å². The van der Waals surface area contributed by atoms with Crippen LogP contribution >= 0.6 is 11.8 Å². The molecule has 0 unspecified atom stereocenters. The lowest BCUT2D eigenvalue weighted by molar-refractivity contribution is 0.401. The summed E-state index contributed by atoms with van der Waals surface area (Å²) in [5.41, 5.74) is 1.55. The molecule has 0 atom stereocenters. The topological polar surface area (TPSA) is 43.1 Å². The molecular weight excluding hydrogens is 282 g/mol. The molecule has 0 amide bonds. The van der Waals surface area contributed by atoms with Gasteiger partial charge in [0.2, 0.25) is 0 Å². The summed E-state index contributed by atoms with van der Waals surface area (Å²) in [6.07, 6.45) is 7.61. The van der Waals surface area contributed by atoms with E-state index < -0.39 is 0 Å². The number of rotatable bonds is 8. The monoisotopic (exact) mass is 305 g/mol. The summed E-state index contributed by atoms with van der Waals surface area (Å²) in [6, 6.07) is 5.62. The van der Waals surface area contributed by atoms with Crippen molar-refractivity contribution in [3.63, 3.8) is 0 Å². The minimum Gasteiger partial charge on any atom is -0.397 e. The van der Waals surface area contributed by atoms with Crippen molar-refractivity contribution in [1.29, 1.82) is 0 Å². The third-order valence-electron chi connectivity index (χ3n) is 3.49. The minimum absolute atomic E-state index is 0.287. The summed E-state index contributed by atoms with van der Waals surface area (Å²) in [6.45, 7) is 4.23. The predicted molar refractivity (Wildman–Crippen MR) is 89.1 cm³/mol. The van der Waals surface area contributed by atoms with Crippen LogP contribution in [0, 0.1) is 6.92 Å². The van der Waals surface area contributed by atoms with Crippen LogP contribution in [-0.2, 0) is 0 Å². The van der Waals surface area contributed by atoms with Crippen LogP contribution in [0.15, 0.2) is 32.6 Å². The SMILES string of the molecule is CCCCCCCCSc1nc2cc(C)ccc2c(=O)o1. The maximum atomic E-state index is 11.9. The lowest BCUT2D eigenvalue weighted by Gasteiger charge is -2.02. The van der Waals surface area contributed by atoms with Gasteiger partial charge in [-0.3, -0.25) is 0 Å². The minimum atomic E-state index is -0.287. The Morgan fingerprint density at radius 2 is 1.90 bits per heavy atom. The largest absolute Gasteiger partial charge is 0.397 e. The maximum absolute atomic E-state index is 11.9. The van der Waals surface area contributed by atoms with Crippen LogP contribution < -0.4 is 5.63 Å². The van der Waals surface area contributed by atoms with Gasteiger partial charge in [-0.1, -0.05) is 56.9 Å². The molecular formula is C17H23NO2S. The van der Waals surface area contributed by atoms with Crippen molar-refractivity contribution in [1.82, 2.24) is 4.98 Å². The zero-order valence-electron chi connectivity index (χ0n) is 12.9. The number of aryl methyl sites for hydroxylation is 1. The van der Waals surface area contributed by atoms with Gasteiger partial charge in [0, 0.05) is 5.75 Å². The van der Waals surface area contributed by atoms with Gasteiger partial charge in [-0.15, -0.1) is 0 Å². The number of nitrogens with zero attached hydrogens (tertiary/aromatic N) is 1. The Hall–Kier alpha value is -1.29. The molecule has 0 aliphatic heterocycles. The quantitative estimate of drug-likeness (QED) is 0.511. The summed E-state index contributed by atoms with van der Waals surface area (Å²) < 4.78 is 5.27. The van der Waals surface area contributed by atoms with Gasteiger partial charge in [0.25, 0.3) is 5.22 Å².